The molecule has 0 N–H and O–H groups in total. The Morgan fingerprint density at radius 2 is 1.85 bits per heavy atom. The summed E-state index contributed by atoms with van der Waals surface area (Å²) in [5, 5.41) is 31.8. The van der Waals surface area contributed by atoms with Crippen molar-refractivity contribution in [3.8, 4) is 5.82 Å². The van der Waals surface area contributed by atoms with Gasteiger partial charge < -0.3 is 5.21 Å². The number of aryl methyl sites for hydroxylation is 1. The molecule has 2 aromatic heterocycles. The van der Waals surface area contributed by atoms with E-state index in [1.807, 2.05) is 37.3 Å². The maximum absolute atomic E-state index is 12.8. The highest BCUT2D eigenvalue weighted by Gasteiger charge is 2.60. The number of hydrogen-bond donors (Lipinski definition) is 0. The van der Waals surface area contributed by atoms with Gasteiger partial charge in [-0.15, -0.1) is 0 Å². The van der Waals surface area contributed by atoms with Gasteiger partial charge in [0.1, 0.15) is 11.1 Å². The van der Waals surface area contributed by atoms with Gasteiger partial charge in [0, 0.05) is 16.8 Å². The maximum Gasteiger partial charge on any atom is 0.319 e. The van der Waals surface area contributed by atoms with Gasteiger partial charge >= 0.3 is 5.84 Å². The third-order valence-electron chi connectivity index (χ3n) is 5.88. The molecule has 139 valence electrons. The molecule has 0 spiro atoms. The van der Waals surface area contributed by atoms with Gasteiger partial charge in [-0.3, -0.25) is 4.74 Å². The van der Waals surface area contributed by atoms with Gasteiger partial charge in [0.25, 0.3) is 0 Å². The van der Waals surface area contributed by atoms with Crippen molar-refractivity contribution < 1.29 is 9.95 Å². The van der Waals surface area contributed by atoms with E-state index in [9.17, 15) is 10.4 Å². The monoisotopic (exact) mass is 364 g/mol. The van der Waals surface area contributed by atoms with E-state index in [1.54, 1.807) is 38.6 Å². The first-order chi connectivity index (χ1) is 12.6. The van der Waals surface area contributed by atoms with Crippen molar-refractivity contribution >= 4 is 16.7 Å². The lowest BCUT2D eigenvalue weighted by Crippen LogP contribution is -2.53. The number of hydroxylamine groups is 3. The smallest absolute Gasteiger partial charge is 0.319 e. The van der Waals surface area contributed by atoms with E-state index in [0.717, 1.165) is 26.3 Å². The van der Waals surface area contributed by atoms with Crippen molar-refractivity contribution in [2.75, 3.05) is 0 Å². The molecule has 1 aliphatic rings. The molecule has 0 unspecified atom stereocenters. The minimum atomic E-state index is -0.857. The van der Waals surface area contributed by atoms with Crippen molar-refractivity contribution in [2.24, 2.45) is 0 Å². The van der Waals surface area contributed by atoms with Crippen LogP contribution in [0.1, 0.15) is 38.8 Å². The van der Waals surface area contributed by atoms with Gasteiger partial charge in [0.2, 0.25) is 0 Å². The lowest BCUT2D eigenvalue weighted by atomic mass is 9.84. The molecule has 1 radical (unpaired) electrons. The van der Waals surface area contributed by atoms with Crippen LogP contribution in [0.4, 0.5) is 0 Å². The molecule has 0 saturated carbocycles. The number of hydrogen-bond acceptors (Lipinski definition) is 4. The molecular weight excluding hydrogens is 342 g/mol. The quantitative estimate of drug-likeness (QED) is 0.517. The summed E-state index contributed by atoms with van der Waals surface area (Å²) in [4.78, 5) is 4.65. The zero-order valence-corrected chi connectivity index (χ0v) is 16.1. The Labute approximate surface area is 157 Å². The number of para-hydroxylation sites is 1. The SMILES string of the molecule is Cc1cc(-n2cc(C3=[N+]([O-])C(C)(C)C(C)(C)N3[O])cn2)nc2ccccc12. The average molecular weight is 364 g/mol. The summed E-state index contributed by atoms with van der Waals surface area (Å²) < 4.78 is 2.39. The van der Waals surface area contributed by atoms with Crippen LogP contribution in [0.2, 0.25) is 0 Å². The minimum Gasteiger partial charge on any atom is -0.714 e. The van der Waals surface area contributed by atoms with Crippen molar-refractivity contribution in [1.29, 1.82) is 0 Å². The predicted octanol–water partition coefficient (Wildman–Crippen LogP) is 3.20. The van der Waals surface area contributed by atoms with Crippen LogP contribution in [0.15, 0.2) is 42.7 Å². The first-order valence-corrected chi connectivity index (χ1v) is 8.88. The largest absolute Gasteiger partial charge is 0.714 e. The lowest BCUT2D eigenvalue weighted by molar-refractivity contribution is -0.539. The Hall–Kier alpha value is -2.93. The van der Waals surface area contributed by atoms with E-state index >= 15 is 0 Å². The van der Waals surface area contributed by atoms with Gasteiger partial charge in [-0.25, -0.2) is 9.67 Å². The van der Waals surface area contributed by atoms with E-state index < -0.39 is 11.1 Å². The first kappa shape index (κ1) is 17.5. The van der Waals surface area contributed by atoms with Crippen LogP contribution >= 0.6 is 0 Å². The summed E-state index contributed by atoms with van der Waals surface area (Å²) in [5.41, 5.74) is 0.718. The highest BCUT2D eigenvalue weighted by molar-refractivity contribution is 5.95. The van der Waals surface area contributed by atoms with Crippen LogP contribution in [0.25, 0.3) is 16.7 Å². The summed E-state index contributed by atoms with van der Waals surface area (Å²) in [6.45, 7) is 9.12. The third-order valence-corrected chi connectivity index (χ3v) is 5.88. The second-order valence-electron chi connectivity index (χ2n) is 8.02. The van der Waals surface area contributed by atoms with Crippen LogP contribution in [0.5, 0.6) is 0 Å². The second-order valence-corrected chi connectivity index (χ2v) is 8.02. The van der Waals surface area contributed by atoms with Gasteiger partial charge in [-0.05, 0) is 52.3 Å². The molecule has 3 aromatic rings. The normalized spacial score (nSPS) is 18.5. The molecule has 4 rings (SSSR count). The summed E-state index contributed by atoms with van der Waals surface area (Å²) in [6.07, 6.45) is 3.22. The van der Waals surface area contributed by atoms with Gasteiger partial charge in [0.15, 0.2) is 11.4 Å². The number of fused-ring (bicyclic) bond motifs is 1. The number of amidine groups is 1. The van der Waals surface area contributed by atoms with E-state index in [1.165, 1.54) is 6.20 Å². The number of pyridine rings is 1. The second kappa shape index (κ2) is 5.53. The molecule has 0 bridgehead atoms. The van der Waals surface area contributed by atoms with Crippen LogP contribution in [-0.4, -0.2) is 41.5 Å². The van der Waals surface area contributed by atoms with Crippen molar-refractivity contribution in [3.63, 3.8) is 0 Å². The van der Waals surface area contributed by atoms with E-state index in [-0.39, 0.29) is 5.84 Å². The number of benzene rings is 1. The number of rotatable bonds is 2. The topological polar surface area (TPSA) is 79.9 Å². The molecule has 0 atom stereocenters. The fourth-order valence-corrected chi connectivity index (χ4v) is 3.36. The number of aromatic nitrogens is 3. The molecule has 0 saturated heterocycles. The summed E-state index contributed by atoms with van der Waals surface area (Å²) in [6, 6.07) is 9.84. The minimum absolute atomic E-state index is 0.0776. The van der Waals surface area contributed by atoms with Crippen molar-refractivity contribution in [2.45, 2.75) is 45.7 Å². The van der Waals surface area contributed by atoms with Crippen molar-refractivity contribution in [1.82, 2.24) is 19.8 Å². The molecular formula is C20H22N5O2. The zero-order chi connectivity index (χ0) is 19.6. The molecule has 0 aliphatic carbocycles. The van der Waals surface area contributed by atoms with Gasteiger partial charge in [-0.1, -0.05) is 23.3 Å². The van der Waals surface area contributed by atoms with Gasteiger partial charge in [-0.2, -0.15) is 5.10 Å². The zero-order valence-electron chi connectivity index (χ0n) is 16.1. The summed E-state index contributed by atoms with van der Waals surface area (Å²) >= 11 is 0. The average Bonchev–Trinajstić information content (AvgIpc) is 3.14. The molecule has 27 heavy (non-hydrogen) atoms. The van der Waals surface area contributed by atoms with Gasteiger partial charge in [0.05, 0.1) is 11.7 Å². The molecule has 1 aromatic carbocycles. The lowest BCUT2D eigenvalue weighted by Gasteiger charge is -2.32. The van der Waals surface area contributed by atoms with Crippen LogP contribution < -0.4 is 0 Å². The van der Waals surface area contributed by atoms with E-state index in [0.29, 0.717) is 11.4 Å². The summed E-state index contributed by atoms with van der Waals surface area (Å²) in [5.74, 6) is 0.721. The third kappa shape index (κ3) is 2.35. The fraction of sp³-hybridized carbons (Fsp3) is 0.350. The standard InChI is InChI=1S/C20H22N5O2/c1-13-10-17(22-16-9-7-6-8-15(13)16)23-12-14(11-21-23)18-24(26)19(2,3)20(4,5)25(18)27/h6-12H,1-5H3. The highest BCUT2D eigenvalue weighted by Crippen LogP contribution is 2.37. The van der Waals surface area contributed by atoms with E-state index in [2.05, 4.69) is 10.1 Å². The fourth-order valence-electron chi connectivity index (χ4n) is 3.36. The van der Waals surface area contributed by atoms with Crippen molar-refractivity contribution in [3.05, 3.63) is 59.1 Å². The summed E-state index contributed by atoms with van der Waals surface area (Å²) in [7, 11) is 0. The Kier molecular flexibility index (Phi) is 3.58. The Balaban J connectivity index is 1.80. The Morgan fingerprint density at radius 1 is 1.15 bits per heavy atom. The predicted molar refractivity (Wildman–Crippen MR) is 102 cm³/mol. The molecule has 1 aliphatic heterocycles. The Bertz CT molecular complexity index is 1080. The molecule has 0 fully saturated rings. The molecule has 7 nitrogen and oxygen atoms in total. The molecule has 3 heterocycles. The van der Waals surface area contributed by atoms with E-state index in [4.69, 9.17) is 0 Å². The molecule has 7 heteroatoms. The van der Waals surface area contributed by atoms with Crippen LogP contribution in [0, 0.1) is 12.1 Å². The van der Waals surface area contributed by atoms with Crippen LogP contribution in [-0.2, 0) is 5.21 Å². The highest BCUT2D eigenvalue weighted by atomic mass is 16.5. The Morgan fingerprint density at radius 3 is 2.52 bits per heavy atom. The molecule has 0 amide bonds. The van der Waals surface area contributed by atoms with Crippen LogP contribution in [0.3, 0.4) is 0 Å². The first-order valence-electron chi connectivity index (χ1n) is 8.88. The number of nitrogens with zero attached hydrogens (tertiary/aromatic N) is 5. The maximum atomic E-state index is 12.8.